The maximum atomic E-state index is 14.1. The van der Waals surface area contributed by atoms with Gasteiger partial charge in [0.1, 0.15) is 15.7 Å². The van der Waals surface area contributed by atoms with Crippen LogP contribution in [0.3, 0.4) is 0 Å². The number of carbonyl (C=O) groups excluding carboxylic acids is 1. The van der Waals surface area contributed by atoms with Crippen molar-refractivity contribution < 1.29 is 22.0 Å². The number of hydrogen-bond acceptors (Lipinski definition) is 5. The molecule has 0 saturated heterocycles. The Morgan fingerprint density at radius 2 is 1.90 bits per heavy atom. The van der Waals surface area contributed by atoms with Gasteiger partial charge >= 0.3 is 0 Å². The van der Waals surface area contributed by atoms with Crippen molar-refractivity contribution in [1.82, 2.24) is 19.4 Å². The van der Waals surface area contributed by atoms with Gasteiger partial charge in [-0.25, -0.2) is 26.2 Å². The summed E-state index contributed by atoms with van der Waals surface area (Å²) in [6.45, 7) is 3.36. The molecule has 2 heterocycles. The normalized spacial score (nSPS) is 11.8. The number of benzene rings is 1. The summed E-state index contributed by atoms with van der Waals surface area (Å²) in [6.07, 6.45) is 0. The fourth-order valence-corrected chi connectivity index (χ4v) is 5.35. The van der Waals surface area contributed by atoms with Crippen molar-refractivity contribution in [3.63, 3.8) is 0 Å². The van der Waals surface area contributed by atoms with Crippen molar-refractivity contribution in [3.05, 3.63) is 63.8 Å². The Balaban J connectivity index is 1.80. The van der Waals surface area contributed by atoms with E-state index in [0.29, 0.717) is 16.3 Å². The van der Waals surface area contributed by atoms with Crippen LogP contribution in [0.1, 0.15) is 26.6 Å². The van der Waals surface area contributed by atoms with Gasteiger partial charge in [-0.2, -0.15) is 5.10 Å². The summed E-state index contributed by atoms with van der Waals surface area (Å²) in [7, 11) is -0.635. The van der Waals surface area contributed by atoms with Gasteiger partial charge in [-0.15, -0.1) is 11.3 Å². The number of hydrogen-bond donors (Lipinski definition) is 1. The first-order valence-electron chi connectivity index (χ1n) is 8.83. The molecule has 11 heteroatoms. The third kappa shape index (κ3) is 4.13. The number of aryl methyl sites for hydroxylation is 1. The fourth-order valence-electron chi connectivity index (χ4n) is 2.89. The van der Waals surface area contributed by atoms with E-state index < -0.39 is 27.6 Å². The molecule has 7 nitrogen and oxygen atoms in total. The van der Waals surface area contributed by atoms with Crippen molar-refractivity contribution in [3.8, 4) is 5.69 Å². The Bertz CT molecular complexity index is 1220. The number of sulfonamides is 1. The quantitative estimate of drug-likeness (QED) is 0.621. The third-order valence-electron chi connectivity index (χ3n) is 4.45. The summed E-state index contributed by atoms with van der Waals surface area (Å²) in [5.41, 5.74) is 1.09. The molecule has 0 fully saturated rings. The van der Waals surface area contributed by atoms with E-state index in [1.807, 2.05) is 0 Å². The van der Waals surface area contributed by atoms with E-state index >= 15 is 0 Å². The third-order valence-corrected chi connectivity index (χ3v) is 7.82. The molecular formula is C19H20F2N4O3S2. The van der Waals surface area contributed by atoms with Crippen LogP contribution in [0.2, 0.25) is 0 Å². The molecule has 0 aliphatic carbocycles. The smallest absolute Gasteiger partial charge is 0.255 e. The minimum Gasteiger partial charge on any atom is -0.347 e. The van der Waals surface area contributed by atoms with E-state index in [2.05, 4.69) is 10.4 Å². The molecule has 0 saturated carbocycles. The van der Waals surface area contributed by atoms with Crippen molar-refractivity contribution >= 4 is 27.3 Å². The number of halogens is 2. The molecule has 1 N–H and O–H groups in total. The average molecular weight is 455 g/mol. The van der Waals surface area contributed by atoms with E-state index in [1.54, 1.807) is 19.9 Å². The number of aromatic nitrogens is 2. The highest BCUT2D eigenvalue weighted by atomic mass is 32.2. The highest BCUT2D eigenvalue weighted by Crippen LogP contribution is 2.24. The van der Waals surface area contributed by atoms with Crippen LogP contribution in [0.25, 0.3) is 5.69 Å². The van der Waals surface area contributed by atoms with Crippen molar-refractivity contribution in [1.29, 1.82) is 0 Å². The van der Waals surface area contributed by atoms with Gasteiger partial charge in [0.2, 0.25) is 0 Å². The summed E-state index contributed by atoms with van der Waals surface area (Å²) in [5.74, 6) is -1.92. The van der Waals surface area contributed by atoms with Gasteiger partial charge in [0.25, 0.3) is 15.9 Å². The van der Waals surface area contributed by atoms with Crippen molar-refractivity contribution in [2.24, 2.45) is 0 Å². The Labute approximate surface area is 177 Å². The Hall–Kier alpha value is -2.63. The fraction of sp³-hybridized carbons (Fsp3) is 0.263. The number of carbonyl (C=O) groups is 1. The zero-order valence-electron chi connectivity index (χ0n) is 16.7. The largest absolute Gasteiger partial charge is 0.347 e. The first-order chi connectivity index (χ1) is 14.0. The predicted molar refractivity (Wildman–Crippen MR) is 109 cm³/mol. The number of rotatable bonds is 6. The van der Waals surface area contributed by atoms with Crippen LogP contribution in [0.4, 0.5) is 8.78 Å². The molecule has 0 atom stereocenters. The molecule has 3 aromatic rings. The summed E-state index contributed by atoms with van der Waals surface area (Å²) < 4.78 is 54.2. The van der Waals surface area contributed by atoms with E-state index in [-0.39, 0.29) is 22.0 Å². The maximum Gasteiger partial charge on any atom is 0.255 e. The lowest BCUT2D eigenvalue weighted by molar-refractivity contribution is 0.0950. The van der Waals surface area contributed by atoms with Gasteiger partial charge in [0.15, 0.2) is 5.82 Å². The van der Waals surface area contributed by atoms with Crippen LogP contribution >= 0.6 is 11.3 Å². The standard InChI is InChI=1S/C19H20F2N4O3S2/c1-11-18(12(2)25(23-11)16-7-5-13(20)9-15(16)21)19(26)22-10-14-6-8-17(29-14)30(27,28)24(3)4/h5-9H,10H2,1-4H3,(H,22,26). The SMILES string of the molecule is Cc1nn(-c2ccc(F)cc2F)c(C)c1C(=O)NCc1ccc(S(=O)(=O)N(C)C)s1. The second-order valence-corrected chi connectivity index (χ2v) is 10.3. The zero-order valence-corrected chi connectivity index (χ0v) is 18.4. The minimum atomic E-state index is -3.53. The lowest BCUT2D eigenvalue weighted by atomic mass is 10.2. The van der Waals surface area contributed by atoms with Gasteiger partial charge in [0.05, 0.1) is 23.5 Å². The van der Waals surface area contributed by atoms with Gasteiger partial charge < -0.3 is 5.32 Å². The van der Waals surface area contributed by atoms with Crippen LogP contribution in [-0.4, -0.2) is 42.5 Å². The first kappa shape index (κ1) is 22.1. The van der Waals surface area contributed by atoms with Crippen molar-refractivity contribution in [2.75, 3.05) is 14.1 Å². The molecule has 0 aliphatic heterocycles. The molecule has 0 bridgehead atoms. The summed E-state index contributed by atoms with van der Waals surface area (Å²) >= 11 is 1.07. The summed E-state index contributed by atoms with van der Waals surface area (Å²) in [4.78, 5) is 13.4. The highest BCUT2D eigenvalue weighted by Gasteiger charge is 2.22. The minimum absolute atomic E-state index is 0.0350. The molecule has 1 amide bonds. The lowest BCUT2D eigenvalue weighted by Crippen LogP contribution is -2.23. The van der Waals surface area contributed by atoms with Crippen LogP contribution in [0.5, 0.6) is 0 Å². The summed E-state index contributed by atoms with van der Waals surface area (Å²) in [6, 6.07) is 6.25. The topological polar surface area (TPSA) is 84.3 Å². The van der Waals surface area contributed by atoms with Gasteiger partial charge in [-0.1, -0.05) is 0 Å². The van der Waals surface area contributed by atoms with E-state index in [0.717, 1.165) is 27.8 Å². The maximum absolute atomic E-state index is 14.1. The molecule has 0 spiro atoms. The number of amides is 1. The number of nitrogens with zero attached hydrogens (tertiary/aromatic N) is 3. The lowest BCUT2D eigenvalue weighted by Gasteiger charge is -2.08. The molecule has 2 aromatic heterocycles. The van der Waals surface area contributed by atoms with Crippen LogP contribution in [-0.2, 0) is 16.6 Å². The molecular weight excluding hydrogens is 434 g/mol. The van der Waals surface area contributed by atoms with Crippen LogP contribution in [0, 0.1) is 25.5 Å². The summed E-state index contributed by atoms with van der Waals surface area (Å²) in [5, 5.41) is 6.95. The number of thiophene rings is 1. The molecule has 1 aromatic carbocycles. The molecule has 160 valence electrons. The highest BCUT2D eigenvalue weighted by molar-refractivity contribution is 7.91. The number of nitrogens with one attached hydrogen (secondary N) is 1. The van der Waals surface area contributed by atoms with Gasteiger partial charge in [-0.3, -0.25) is 4.79 Å². The predicted octanol–water partition coefficient (Wildman–Crippen LogP) is 3.01. The Kier molecular flexibility index (Phi) is 6.06. The van der Waals surface area contributed by atoms with Gasteiger partial charge in [0, 0.05) is 25.0 Å². The Morgan fingerprint density at radius 3 is 2.53 bits per heavy atom. The zero-order chi connectivity index (χ0) is 22.2. The molecule has 30 heavy (non-hydrogen) atoms. The first-order valence-corrected chi connectivity index (χ1v) is 11.1. The van der Waals surface area contributed by atoms with Gasteiger partial charge in [-0.05, 0) is 38.1 Å². The Morgan fingerprint density at radius 1 is 1.20 bits per heavy atom. The van der Waals surface area contributed by atoms with E-state index in [1.165, 1.54) is 30.9 Å². The molecule has 0 aliphatic rings. The average Bonchev–Trinajstić information content (AvgIpc) is 3.25. The molecule has 0 unspecified atom stereocenters. The van der Waals surface area contributed by atoms with Crippen LogP contribution < -0.4 is 5.32 Å². The van der Waals surface area contributed by atoms with Crippen LogP contribution in [0.15, 0.2) is 34.5 Å². The van der Waals surface area contributed by atoms with E-state index in [9.17, 15) is 22.0 Å². The van der Waals surface area contributed by atoms with Crippen molar-refractivity contribution in [2.45, 2.75) is 24.6 Å². The van der Waals surface area contributed by atoms with E-state index in [4.69, 9.17) is 0 Å². The second-order valence-electron chi connectivity index (χ2n) is 6.74. The molecule has 0 radical (unpaired) electrons. The monoisotopic (exact) mass is 454 g/mol. The second kappa shape index (κ2) is 8.25. The molecule has 3 rings (SSSR count).